The van der Waals surface area contributed by atoms with Crippen molar-refractivity contribution in [3.8, 4) is 11.3 Å². The van der Waals surface area contributed by atoms with E-state index in [-0.39, 0.29) is 0 Å². The monoisotopic (exact) mass is 201 g/mol. The summed E-state index contributed by atoms with van der Waals surface area (Å²) in [6.07, 6.45) is 0. The minimum Gasteiger partial charge on any atom is -0.241 e. The second-order valence-corrected chi connectivity index (χ2v) is 3.63. The summed E-state index contributed by atoms with van der Waals surface area (Å²) in [6.45, 7) is 2.00. The van der Waals surface area contributed by atoms with Crippen LogP contribution in [0.25, 0.3) is 11.3 Å². The van der Waals surface area contributed by atoms with Crippen LogP contribution in [-0.2, 0) is 0 Å². The molecule has 0 saturated carbocycles. The van der Waals surface area contributed by atoms with E-state index < -0.39 is 0 Å². The van der Waals surface area contributed by atoms with Crippen molar-refractivity contribution in [2.45, 2.75) is 11.9 Å². The number of hydrogen-bond donors (Lipinski definition) is 1. The second kappa shape index (κ2) is 3.84. The fourth-order valence-corrected chi connectivity index (χ4v) is 1.47. The molecule has 0 aliphatic rings. The van der Waals surface area contributed by atoms with E-state index in [0.717, 1.165) is 21.8 Å². The van der Waals surface area contributed by atoms with Crippen molar-refractivity contribution < 1.29 is 0 Å². The van der Waals surface area contributed by atoms with Gasteiger partial charge in [-0.15, -0.1) is 12.6 Å². The molecule has 0 aliphatic carbocycles. The van der Waals surface area contributed by atoms with Gasteiger partial charge in [-0.1, -0.05) is 36.4 Å². The standard InChI is InChI=1S/C12H11NS/c1-9-7-8-11(13-12(9)14)10-5-3-2-4-6-10/h2-8H,1H3,(H,13,14). The van der Waals surface area contributed by atoms with Crippen molar-refractivity contribution in [1.82, 2.24) is 4.98 Å². The Hall–Kier alpha value is -1.28. The van der Waals surface area contributed by atoms with Crippen molar-refractivity contribution in [3.63, 3.8) is 0 Å². The second-order valence-electron chi connectivity index (χ2n) is 3.20. The third kappa shape index (κ3) is 1.80. The van der Waals surface area contributed by atoms with E-state index in [9.17, 15) is 0 Å². The zero-order valence-corrected chi connectivity index (χ0v) is 8.83. The van der Waals surface area contributed by atoms with Gasteiger partial charge in [-0.05, 0) is 18.6 Å². The number of aryl methyl sites for hydroxylation is 1. The molecule has 14 heavy (non-hydrogen) atoms. The summed E-state index contributed by atoms with van der Waals surface area (Å²) in [7, 11) is 0. The Morgan fingerprint density at radius 3 is 2.36 bits per heavy atom. The average molecular weight is 201 g/mol. The van der Waals surface area contributed by atoms with Crippen LogP contribution in [-0.4, -0.2) is 4.98 Å². The molecule has 1 heterocycles. The third-order valence-electron chi connectivity index (χ3n) is 2.14. The van der Waals surface area contributed by atoms with Gasteiger partial charge in [0.05, 0.1) is 10.7 Å². The van der Waals surface area contributed by atoms with Crippen LogP contribution in [0.2, 0.25) is 0 Å². The first kappa shape index (κ1) is 9.28. The number of hydrogen-bond acceptors (Lipinski definition) is 2. The maximum absolute atomic E-state index is 4.41. The molecule has 2 rings (SSSR count). The molecule has 1 nitrogen and oxygen atoms in total. The van der Waals surface area contributed by atoms with Gasteiger partial charge in [-0.25, -0.2) is 4.98 Å². The Morgan fingerprint density at radius 2 is 1.71 bits per heavy atom. The fraction of sp³-hybridized carbons (Fsp3) is 0.0833. The normalized spacial score (nSPS) is 10.1. The Balaban J connectivity index is 2.48. The first-order chi connectivity index (χ1) is 6.77. The molecule has 0 atom stereocenters. The van der Waals surface area contributed by atoms with Gasteiger partial charge >= 0.3 is 0 Å². The fourth-order valence-electron chi connectivity index (χ4n) is 1.29. The minimum absolute atomic E-state index is 0.798. The van der Waals surface area contributed by atoms with E-state index in [1.54, 1.807) is 0 Å². The highest BCUT2D eigenvalue weighted by molar-refractivity contribution is 7.80. The predicted molar refractivity (Wildman–Crippen MR) is 61.7 cm³/mol. The number of nitrogens with zero attached hydrogens (tertiary/aromatic N) is 1. The van der Waals surface area contributed by atoms with Crippen molar-refractivity contribution in [1.29, 1.82) is 0 Å². The van der Waals surface area contributed by atoms with E-state index in [4.69, 9.17) is 0 Å². The third-order valence-corrected chi connectivity index (χ3v) is 2.59. The van der Waals surface area contributed by atoms with E-state index >= 15 is 0 Å². The van der Waals surface area contributed by atoms with Crippen LogP contribution >= 0.6 is 12.6 Å². The molecule has 70 valence electrons. The van der Waals surface area contributed by atoms with Gasteiger partial charge in [-0.3, -0.25) is 0 Å². The smallest absolute Gasteiger partial charge is 0.0966 e. The molecule has 0 fully saturated rings. The molecule has 1 aromatic heterocycles. The Bertz CT molecular complexity index is 437. The molecule has 0 saturated heterocycles. The van der Waals surface area contributed by atoms with E-state index in [1.165, 1.54) is 0 Å². The molecule has 1 aromatic carbocycles. The molecule has 0 aliphatic heterocycles. The van der Waals surface area contributed by atoms with Crippen LogP contribution in [0.4, 0.5) is 0 Å². The van der Waals surface area contributed by atoms with Gasteiger partial charge in [0.25, 0.3) is 0 Å². The number of pyridine rings is 1. The zero-order valence-electron chi connectivity index (χ0n) is 7.94. The zero-order chi connectivity index (χ0) is 9.97. The van der Waals surface area contributed by atoms with E-state index in [2.05, 4.69) is 17.6 Å². The number of rotatable bonds is 1. The summed E-state index contributed by atoms with van der Waals surface area (Å²) in [5.41, 5.74) is 3.21. The lowest BCUT2D eigenvalue weighted by molar-refractivity contribution is 1.09. The SMILES string of the molecule is Cc1ccc(-c2ccccc2)nc1S. The van der Waals surface area contributed by atoms with E-state index in [0.29, 0.717) is 0 Å². The summed E-state index contributed by atoms with van der Waals surface area (Å²) in [5, 5.41) is 0.798. The first-order valence-electron chi connectivity index (χ1n) is 4.49. The predicted octanol–water partition coefficient (Wildman–Crippen LogP) is 3.35. The molecule has 0 unspecified atom stereocenters. The highest BCUT2D eigenvalue weighted by atomic mass is 32.1. The van der Waals surface area contributed by atoms with Gasteiger partial charge in [0.2, 0.25) is 0 Å². The van der Waals surface area contributed by atoms with Crippen LogP contribution < -0.4 is 0 Å². The summed E-state index contributed by atoms with van der Waals surface area (Å²) in [5.74, 6) is 0. The lowest BCUT2D eigenvalue weighted by Crippen LogP contribution is -1.86. The lowest BCUT2D eigenvalue weighted by Gasteiger charge is -2.03. The van der Waals surface area contributed by atoms with Crippen LogP contribution in [0.5, 0.6) is 0 Å². The highest BCUT2D eigenvalue weighted by Crippen LogP contribution is 2.19. The molecular formula is C12H11NS. The summed E-state index contributed by atoms with van der Waals surface area (Å²) in [4.78, 5) is 4.41. The lowest BCUT2D eigenvalue weighted by atomic mass is 10.1. The Labute approximate surface area is 89.2 Å². The molecule has 0 N–H and O–H groups in total. The van der Waals surface area contributed by atoms with Crippen LogP contribution in [0, 0.1) is 6.92 Å². The summed E-state index contributed by atoms with van der Waals surface area (Å²) >= 11 is 4.31. The summed E-state index contributed by atoms with van der Waals surface area (Å²) in [6, 6.07) is 14.2. The molecule has 0 spiro atoms. The van der Waals surface area contributed by atoms with Gasteiger partial charge in [0.15, 0.2) is 0 Å². The Kier molecular flexibility index (Phi) is 2.55. The molecule has 0 radical (unpaired) electrons. The van der Waals surface area contributed by atoms with Crippen molar-refractivity contribution in [3.05, 3.63) is 48.0 Å². The number of benzene rings is 1. The number of aromatic nitrogens is 1. The van der Waals surface area contributed by atoms with Gasteiger partial charge < -0.3 is 0 Å². The van der Waals surface area contributed by atoms with Gasteiger partial charge in [0.1, 0.15) is 0 Å². The number of thiol groups is 1. The quantitative estimate of drug-likeness (QED) is 0.698. The van der Waals surface area contributed by atoms with E-state index in [1.807, 2.05) is 49.4 Å². The topological polar surface area (TPSA) is 12.9 Å². The molecule has 2 aromatic rings. The maximum atomic E-state index is 4.41. The van der Waals surface area contributed by atoms with Crippen LogP contribution in [0.3, 0.4) is 0 Å². The Morgan fingerprint density at radius 1 is 1.00 bits per heavy atom. The molecular weight excluding hydrogens is 190 g/mol. The molecule has 0 amide bonds. The van der Waals surface area contributed by atoms with Gasteiger partial charge in [0, 0.05) is 5.56 Å². The minimum atomic E-state index is 0.798. The van der Waals surface area contributed by atoms with Crippen molar-refractivity contribution in [2.24, 2.45) is 0 Å². The average Bonchev–Trinajstić information content (AvgIpc) is 2.23. The highest BCUT2D eigenvalue weighted by Gasteiger charge is 2.00. The summed E-state index contributed by atoms with van der Waals surface area (Å²) < 4.78 is 0. The van der Waals surface area contributed by atoms with Crippen LogP contribution in [0.1, 0.15) is 5.56 Å². The molecule has 0 bridgehead atoms. The molecule has 2 heteroatoms. The maximum Gasteiger partial charge on any atom is 0.0966 e. The van der Waals surface area contributed by atoms with Crippen molar-refractivity contribution in [2.75, 3.05) is 0 Å². The first-order valence-corrected chi connectivity index (χ1v) is 4.94. The van der Waals surface area contributed by atoms with Gasteiger partial charge in [-0.2, -0.15) is 0 Å². The largest absolute Gasteiger partial charge is 0.241 e. The van der Waals surface area contributed by atoms with Crippen LogP contribution in [0.15, 0.2) is 47.5 Å². The van der Waals surface area contributed by atoms with Crippen molar-refractivity contribution >= 4 is 12.6 Å².